The Morgan fingerprint density at radius 3 is 2.50 bits per heavy atom. The minimum Gasteiger partial charge on any atom is -0.454 e. The molecule has 28 heavy (non-hydrogen) atoms. The van der Waals surface area contributed by atoms with Crippen molar-refractivity contribution in [3.8, 4) is 11.5 Å². The Balaban J connectivity index is 1.27. The number of hydrogen-bond donors (Lipinski definition) is 2. The third-order valence-electron chi connectivity index (χ3n) is 4.80. The van der Waals surface area contributed by atoms with Crippen molar-refractivity contribution in [2.24, 2.45) is 0 Å². The summed E-state index contributed by atoms with van der Waals surface area (Å²) in [5, 5.41) is 14.5. The predicted octanol–water partition coefficient (Wildman–Crippen LogP) is 3.69. The van der Waals surface area contributed by atoms with Crippen molar-refractivity contribution >= 4 is 28.8 Å². The third-order valence-corrected chi connectivity index (χ3v) is 4.80. The molecule has 8 nitrogen and oxygen atoms in total. The van der Waals surface area contributed by atoms with Crippen molar-refractivity contribution in [1.82, 2.24) is 15.2 Å². The van der Waals surface area contributed by atoms with Crippen LogP contribution in [0, 0.1) is 0 Å². The molecule has 0 amide bonds. The summed E-state index contributed by atoms with van der Waals surface area (Å²) in [7, 11) is 0. The highest BCUT2D eigenvalue weighted by atomic mass is 16.7. The SMILES string of the molecule is c1cc2c(cc1Nc1cnnc(Nc3ccc(N4CCCC4)cc3)n1)OCO2. The van der Waals surface area contributed by atoms with E-state index in [4.69, 9.17) is 9.47 Å². The highest BCUT2D eigenvalue weighted by Gasteiger charge is 2.14. The molecule has 142 valence electrons. The Morgan fingerprint density at radius 2 is 1.64 bits per heavy atom. The maximum Gasteiger partial charge on any atom is 0.249 e. The van der Waals surface area contributed by atoms with E-state index in [0.29, 0.717) is 17.5 Å². The van der Waals surface area contributed by atoms with Crippen LogP contribution in [0.5, 0.6) is 11.5 Å². The van der Waals surface area contributed by atoms with Crippen LogP contribution in [0.2, 0.25) is 0 Å². The summed E-state index contributed by atoms with van der Waals surface area (Å²) in [6, 6.07) is 13.9. The molecule has 2 aliphatic rings. The molecule has 2 N–H and O–H groups in total. The number of anilines is 5. The van der Waals surface area contributed by atoms with E-state index in [-0.39, 0.29) is 6.79 Å². The largest absolute Gasteiger partial charge is 0.454 e. The fourth-order valence-electron chi connectivity index (χ4n) is 3.40. The number of hydrogen-bond acceptors (Lipinski definition) is 8. The number of benzene rings is 2. The van der Waals surface area contributed by atoms with Gasteiger partial charge in [0.25, 0.3) is 0 Å². The zero-order chi connectivity index (χ0) is 18.8. The van der Waals surface area contributed by atoms with E-state index < -0.39 is 0 Å². The minimum atomic E-state index is 0.248. The summed E-state index contributed by atoms with van der Waals surface area (Å²) in [4.78, 5) is 6.88. The summed E-state index contributed by atoms with van der Waals surface area (Å²) in [5.41, 5.74) is 3.01. The van der Waals surface area contributed by atoms with Gasteiger partial charge in [-0.3, -0.25) is 0 Å². The minimum absolute atomic E-state index is 0.248. The smallest absolute Gasteiger partial charge is 0.249 e. The Kier molecular flexibility index (Phi) is 4.29. The van der Waals surface area contributed by atoms with Crippen molar-refractivity contribution in [3.05, 3.63) is 48.7 Å². The maximum atomic E-state index is 5.40. The zero-order valence-corrected chi connectivity index (χ0v) is 15.3. The topological polar surface area (TPSA) is 84.4 Å². The number of rotatable bonds is 5. The van der Waals surface area contributed by atoms with Gasteiger partial charge in [0, 0.05) is 36.2 Å². The maximum absolute atomic E-state index is 5.40. The van der Waals surface area contributed by atoms with Gasteiger partial charge in [-0.25, -0.2) is 0 Å². The standard InChI is InChI=1S/C20H20N6O2/c1-2-10-26(9-1)16-6-3-14(4-7-16)23-20-24-19(12-21-25-20)22-15-5-8-17-18(11-15)28-13-27-17/h3-8,11-12H,1-2,9-10,13H2,(H2,22,23,24,25). The van der Waals surface area contributed by atoms with Crippen LogP contribution in [0.15, 0.2) is 48.7 Å². The Labute approximate surface area is 162 Å². The lowest BCUT2D eigenvalue weighted by atomic mass is 10.2. The summed E-state index contributed by atoms with van der Waals surface area (Å²) in [6.45, 7) is 2.51. The van der Waals surface area contributed by atoms with Crippen molar-refractivity contribution in [2.45, 2.75) is 12.8 Å². The molecular weight excluding hydrogens is 356 g/mol. The predicted molar refractivity (Wildman–Crippen MR) is 107 cm³/mol. The first-order valence-electron chi connectivity index (χ1n) is 9.32. The van der Waals surface area contributed by atoms with Crippen LogP contribution in [0.1, 0.15) is 12.8 Å². The first-order valence-corrected chi connectivity index (χ1v) is 9.32. The van der Waals surface area contributed by atoms with E-state index in [2.05, 4.69) is 42.8 Å². The number of fused-ring (bicyclic) bond motifs is 1. The zero-order valence-electron chi connectivity index (χ0n) is 15.3. The molecule has 0 bridgehead atoms. The number of aromatic nitrogens is 3. The molecular formula is C20H20N6O2. The van der Waals surface area contributed by atoms with E-state index in [0.717, 1.165) is 30.2 Å². The lowest BCUT2D eigenvalue weighted by Crippen LogP contribution is -2.17. The fourth-order valence-corrected chi connectivity index (χ4v) is 3.40. The van der Waals surface area contributed by atoms with Crippen molar-refractivity contribution < 1.29 is 9.47 Å². The molecule has 3 heterocycles. The summed E-state index contributed by atoms with van der Waals surface area (Å²) >= 11 is 0. The molecule has 0 saturated carbocycles. The van der Waals surface area contributed by atoms with Crippen molar-refractivity contribution in [3.63, 3.8) is 0 Å². The van der Waals surface area contributed by atoms with Gasteiger partial charge in [-0.15, -0.1) is 5.10 Å². The molecule has 0 atom stereocenters. The van der Waals surface area contributed by atoms with E-state index >= 15 is 0 Å². The van der Waals surface area contributed by atoms with Gasteiger partial charge in [0.2, 0.25) is 12.7 Å². The fraction of sp³-hybridized carbons (Fsp3) is 0.250. The van der Waals surface area contributed by atoms with Gasteiger partial charge < -0.3 is 25.0 Å². The Hall–Kier alpha value is -3.55. The van der Waals surface area contributed by atoms with Gasteiger partial charge in [-0.1, -0.05) is 0 Å². The van der Waals surface area contributed by atoms with Crippen LogP contribution in [0.4, 0.5) is 28.8 Å². The second-order valence-corrected chi connectivity index (χ2v) is 6.72. The van der Waals surface area contributed by atoms with Gasteiger partial charge in [0.1, 0.15) is 0 Å². The van der Waals surface area contributed by atoms with E-state index in [9.17, 15) is 0 Å². The average Bonchev–Trinajstić information content (AvgIpc) is 3.41. The number of ether oxygens (including phenoxy) is 2. The highest BCUT2D eigenvalue weighted by molar-refractivity contribution is 5.63. The first-order chi connectivity index (χ1) is 13.8. The monoisotopic (exact) mass is 376 g/mol. The van der Waals surface area contributed by atoms with Crippen molar-refractivity contribution in [1.29, 1.82) is 0 Å². The van der Waals surface area contributed by atoms with E-state index in [1.165, 1.54) is 18.5 Å². The van der Waals surface area contributed by atoms with Gasteiger partial charge in [-0.2, -0.15) is 10.1 Å². The first kappa shape index (κ1) is 16.6. The van der Waals surface area contributed by atoms with Gasteiger partial charge >= 0.3 is 0 Å². The number of nitrogens with zero attached hydrogens (tertiary/aromatic N) is 4. The van der Waals surface area contributed by atoms with Crippen LogP contribution >= 0.6 is 0 Å². The molecule has 1 aromatic heterocycles. The lowest BCUT2D eigenvalue weighted by Gasteiger charge is -2.17. The van der Waals surface area contributed by atoms with Gasteiger partial charge in [0.05, 0.1) is 6.20 Å². The quantitative estimate of drug-likeness (QED) is 0.697. The molecule has 8 heteroatoms. The molecule has 0 aliphatic carbocycles. The molecule has 1 fully saturated rings. The Bertz CT molecular complexity index is 973. The van der Waals surface area contributed by atoms with Crippen LogP contribution in [0.25, 0.3) is 0 Å². The summed E-state index contributed by atoms with van der Waals surface area (Å²) < 4.78 is 10.7. The third kappa shape index (κ3) is 3.48. The van der Waals surface area contributed by atoms with Crippen LogP contribution in [-0.4, -0.2) is 35.1 Å². The normalized spacial score (nSPS) is 14.9. The summed E-state index contributed by atoms with van der Waals surface area (Å²) in [5.74, 6) is 2.47. The van der Waals surface area contributed by atoms with Crippen LogP contribution in [0.3, 0.4) is 0 Å². The van der Waals surface area contributed by atoms with E-state index in [1.54, 1.807) is 6.20 Å². The second kappa shape index (κ2) is 7.22. The molecule has 3 aromatic rings. The highest BCUT2D eigenvalue weighted by Crippen LogP contribution is 2.35. The van der Waals surface area contributed by atoms with Gasteiger partial charge in [0.15, 0.2) is 17.3 Å². The van der Waals surface area contributed by atoms with Crippen LogP contribution in [-0.2, 0) is 0 Å². The number of nitrogens with one attached hydrogen (secondary N) is 2. The molecule has 0 spiro atoms. The molecule has 1 saturated heterocycles. The van der Waals surface area contributed by atoms with Gasteiger partial charge in [-0.05, 0) is 49.2 Å². The Morgan fingerprint density at radius 1 is 0.857 bits per heavy atom. The van der Waals surface area contributed by atoms with Crippen molar-refractivity contribution in [2.75, 3.05) is 35.4 Å². The molecule has 0 radical (unpaired) electrons. The molecule has 0 unspecified atom stereocenters. The molecule has 2 aliphatic heterocycles. The molecule has 2 aromatic carbocycles. The lowest BCUT2D eigenvalue weighted by molar-refractivity contribution is 0.174. The molecule has 5 rings (SSSR count). The van der Waals surface area contributed by atoms with E-state index in [1.807, 2.05) is 30.3 Å². The summed E-state index contributed by atoms with van der Waals surface area (Å²) in [6.07, 6.45) is 4.11. The second-order valence-electron chi connectivity index (χ2n) is 6.72. The average molecular weight is 376 g/mol. The van der Waals surface area contributed by atoms with Crippen LogP contribution < -0.4 is 25.0 Å².